The van der Waals surface area contributed by atoms with Crippen LogP contribution >= 0.6 is 0 Å². The van der Waals surface area contributed by atoms with Crippen LogP contribution in [0.1, 0.15) is 0 Å². The fourth-order valence-electron chi connectivity index (χ4n) is 8.12. The Morgan fingerprint density at radius 2 is 0.756 bits per heavy atom. The zero-order chi connectivity index (χ0) is 29.2. The van der Waals surface area contributed by atoms with Crippen LogP contribution in [0.15, 0.2) is 152 Å². The van der Waals surface area contributed by atoms with Gasteiger partial charge in [-0.05, 0) is 60.7 Å². The fourth-order valence-corrected chi connectivity index (χ4v) is 8.12. The Balaban J connectivity index is 1.27. The molecule has 0 aliphatic heterocycles. The van der Waals surface area contributed by atoms with Gasteiger partial charge in [0.15, 0.2) is 0 Å². The van der Waals surface area contributed by atoms with Crippen molar-refractivity contribution < 1.29 is 0 Å². The summed E-state index contributed by atoms with van der Waals surface area (Å²) in [5.74, 6) is 0. The molecular formula is C42H25N3. The maximum Gasteiger partial charge on any atom is 0.0620 e. The summed E-state index contributed by atoms with van der Waals surface area (Å²) in [6, 6.07) is 55.7. The predicted octanol–water partition coefficient (Wildman–Crippen LogP) is 11.0. The van der Waals surface area contributed by atoms with Crippen LogP contribution in [0.5, 0.6) is 0 Å². The Kier molecular flexibility index (Phi) is 4.32. The lowest BCUT2D eigenvalue weighted by molar-refractivity contribution is 1.17. The second-order valence-corrected chi connectivity index (χ2v) is 12.2. The van der Waals surface area contributed by atoms with E-state index in [4.69, 9.17) is 0 Å². The average molecular weight is 572 g/mol. The van der Waals surface area contributed by atoms with Crippen LogP contribution in [0.3, 0.4) is 0 Å². The van der Waals surface area contributed by atoms with Crippen molar-refractivity contribution in [3.63, 3.8) is 0 Å². The Hall–Kier alpha value is -6.06. The van der Waals surface area contributed by atoms with Gasteiger partial charge in [-0.15, -0.1) is 0 Å². The van der Waals surface area contributed by atoms with Gasteiger partial charge in [0, 0.05) is 54.5 Å². The minimum atomic E-state index is 1.17. The quantitative estimate of drug-likeness (QED) is 0.196. The highest BCUT2D eigenvalue weighted by atomic mass is 15.0. The Morgan fingerprint density at radius 3 is 1.49 bits per heavy atom. The van der Waals surface area contributed by atoms with E-state index in [1.54, 1.807) is 0 Å². The summed E-state index contributed by atoms with van der Waals surface area (Å²) in [5.41, 5.74) is 11.1. The molecule has 0 radical (unpaired) electrons. The van der Waals surface area contributed by atoms with E-state index in [1.165, 1.54) is 93.1 Å². The molecule has 0 atom stereocenters. The van der Waals surface area contributed by atoms with Crippen molar-refractivity contribution >= 4 is 81.7 Å². The molecule has 0 bridgehead atoms. The van der Waals surface area contributed by atoms with Crippen molar-refractivity contribution in [2.75, 3.05) is 0 Å². The second kappa shape index (κ2) is 8.31. The minimum absolute atomic E-state index is 1.17. The fraction of sp³-hybridized carbons (Fsp3) is 0. The van der Waals surface area contributed by atoms with Gasteiger partial charge in [-0.3, -0.25) is 0 Å². The number of hydrogen-bond acceptors (Lipinski definition) is 0. The third kappa shape index (κ3) is 2.90. The van der Waals surface area contributed by atoms with Crippen molar-refractivity contribution in [2.24, 2.45) is 0 Å². The first-order chi connectivity index (χ1) is 22.3. The number of nitrogens with zero attached hydrogens (tertiary/aromatic N) is 3. The largest absolute Gasteiger partial charge is 0.309 e. The van der Waals surface area contributed by atoms with E-state index in [0.717, 1.165) is 0 Å². The smallest absolute Gasteiger partial charge is 0.0620 e. The van der Waals surface area contributed by atoms with Gasteiger partial charge in [-0.2, -0.15) is 0 Å². The highest BCUT2D eigenvalue weighted by molar-refractivity contribution is 6.26. The molecule has 0 saturated carbocycles. The maximum absolute atomic E-state index is 2.48. The minimum Gasteiger partial charge on any atom is -0.309 e. The van der Waals surface area contributed by atoms with Crippen LogP contribution in [0.25, 0.3) is 93.1 Å². The molecule has 11 rings (SSSR count). The van der Waals surface area contributed by atoms with Gasteiger partial charge in [-0.1, -0.05) is 91.0 Å². The van der Waals surface area contributed by atoms with Crippen molar-refractivity contribution in [3.05, 3.63) is 152 Å². The van der Waals surface area contributed by atoms with Gasteiger partial charge in [0.2, 0.25) is 0 Å². The third-order valence-electron chi connectivity index (χ3n) is 9.94. The molecule has 3 heteroatoms. The van der Waals surface area contributed by atoms with Gasteiger partial charge in [0.25, 0.3) is 0 Å². The summed E-state index contributed by atoms with van der Waals surface area (Å²) in [4.78, 5) is 0. The molecule has 0 aliphatic carbocycles. The number of para-hydroxylation sites is 5. The number of hydrogen-bond donors (Lipinski definition) is 0. The van der Waals surface area contributed by atoms with E-state index >= 15 is 0 Å². The summed E-state index contributed by atoms with van der Waals surface area (Å²) >= 11 is 0. The molecule has 0 aliphatic rings. The topological polar surface area (TPSA) is 14.3 Å². The summed E-state index contributed by atoms with van der Waals surface area (Å²) in [6.07, 6.45) is 0. The van der Waals surface area contributed by atoms with E-state index in [9.17, 15) is 0 Å². The van der Waals surface area contributed by atoms with Gasteiger partial charge >= 0.3 is 0 Å². The summed E-state index contributed by atoms with van der Waals surface area (Å²) in [6.45, 7) is 0. The standard InChI is InChI=1S/C42H25N3/c1-2-11-26(12-3-1)43-36-18-7-5-14-29(36)33-23-27(21-22-39(33)43)44-37-19-8-6-15-30(37)34-24-41-35(25-40(34)44)32-17-10-16-31-28-13-4-9-20-38(28)45(41)42(31)32/h1-25H. The van der Waals surface area contributed by atoms with E-state index < -0.39 is 0 Å². The molecule has 7 aromatic carbocycles. The first-order valence-electron chi connectivity index (χ1n) is 15.5. The van der Waals surface area contributed by atoms with E-state index in [1.807, 2.05) is 0 Å². The molecule has 0 fully saturated rings. The SMILES string of the molecule is c1ccc(-n2c3ccccc3c3cc(-n4c5ccccc5c5cc6c(cc54)c4cccc5c7ccccc7n6c54)ccc32)cc1. The summed E-state index contributed by atoms with van der Waals surface area (Å²) < 4.78 is 7.32. The number of fused-ring (bicyclic) bond motifs is 12. The molecule has 0 N–H and O–H groups in total. The Morgan fingerprint density at radius 1 is 0.267 bits per heavy atom. The van der Waals surface area contributed by atoms with E-state index in [0.29, 0.717) is 0 Å². The first kappa shape index (κ1) is 23.4. The zero-order valence-electron chi connectivity index (χ0n) is 24.3. The van der Waals surface area contributed by atoms with Crippen molar-refractivity contribution in [1.29, 1.82) is 0 Å². The summed E-state index contributed by atoms with van der Waals surface area (Å²) in [5, 5.41) is 10.3. The molecule has 208 valence electrons. The molecule has 11 aromatic rings. The van der Waals surface area contributed by atoms with Crippen LogP contribution in [-0.2, 0) is 0 Å². The van der Waals surface area contributed by atoms with Crippen LogP contribution in [0.2, 0.25) is 0 Å². The molecular weight excluding hydrogens is 546 g/mol. The van der Waals surface area contributed by atoms with Crippen molar-refractivity contribution in [3.8, 4) is 11.4 Å². The Bertz CT molecular complexity index is 2970. The van der Waals surface area contributed by atoms with Gasteiger partial charge in [0.05, 0.1) is 38.6 Å². The van der Waals surface area contributed by atoms with Crippen LogP contribution < -0.4 is 0 Å². The van der Waals surface area contributed by atoms with Crippen LogP contribution in [0, 0.1) is 0 Å². The van der Waals surface area contributed by atoms with Gasteiger partial charge in [0.1, 0.15) is 0 Å². The third-order valence-corrected chi connectivity index (χ3v) is 9.94. The number of benzene rings is 7. The highest BCUT2D eigenvalue weighted by Crippen LogP contribution is 2.43. The normalized spacial score (nSPS) is 12.4. The average Bonchev–Trinajstić information content (AvgIpc) is 3.82. The van der Waals surface area contributed by atoms with Gasteiger partial charge < -0.3 is 13.5 Å². The predicted molar refractivity (Wildman–Crippen MR) is 190 cm³/mol. The Labute approximate surface area is 257 Å². The van der Waals surface area contributed by atoms with Gasteiger partial charge in [-0.25, -0.2) is 0 Å². The number of rotatable bonds is 2. The molecule has 0 spiro atoms. The number of aromatic nitrogens is 3. The lowest BCUT2D eigenvalue weighted by Gasteiger charge is -2.10. The maximum atomic E-state index is 2.48. The molecule has 0 saturated heterocycles. The van der Waals surface area contributed by atoms with E-state index in [-0.39, 0.29) is 0 Å². The summed E-state index contributed by atoms with van der Waals surface area (Å²) in [7, 11) is 0. The van der Waals surface area contributed by atoms with Crippen LogP contribution in [-0.4, -0.2) is 13.5 Å². The zero-order valence-corrected chi connectivity index (χ0v) is 24.3. The van der Waals surface area contributed by atoms with Crippen molar-refractivity contribution in [2.45, 2.75) is 0 Å². The monoisotopic (exact) mass is 571 g/mol. The molecule has 45 heavy (non-hydrogen) atoms. The highest BCUT2D eigenvalue weighted by Gasteiger charge is 2.21. The van der Waals surface area contributed by atoms with E-state index in [2.05, 4.69) is 165 Å². The molecule has 3 nitrogen and oxygen atoms in total. The lowest BCUT2D eigenvalue weighted by Crippen LogP contribution is -1.95. The first-order valence-corrected chi connectivity index (χ1v) is 15.5. The molecule has 4 heterocycles. The van der Waals surface area contributed by atoms with Crippen molar-refractivity contribution in [1.82, 2.24) is 13.5 Å². The molecule has 0 unspecified atom stereocenters. The molecule has 0 amide bonds. The second-order valence-electron chi connectivity index (χ2n) is 12.2. The van der Waals surface area contributed by atoms with Crippen LogP contribution in [0.4, 0.5) is 0 Å². The molecule has 4 aromatic heterocycles. The lowest BCUT2D eigenvalue weighted by atomic mass is 10.1.